The van der Waals surface area contributed by atoms with Gasteiger partial charge in [-0.1, -0.05) is 0 Å². The third kappa shape index (κ3) is 2.78. The first kappa shape index (κ1) is 14.8. The quantitative estimate of drug-likeness (QED) is 0.892. The largest absolute Gasteiger partial charge is 0.373 e. The molecule has 2 rings (SSSR count). The van der Waals surface area contributed by atoms with Crippen LogP contribution in [0.4, 0.5) is 13.2 Å². The molecule has 1 aliphatic heterocycles. The fraction of sp³-hybridized carbons (Fsp3) is 0.462. The van der Waals surface area contributed by atoms with Crippen molar-refractivity contribution in [3.63, 3.8) is 0 Å². The van der Waals surface area contributed by atoms with Crippen molar-refractivity contribution in [2.45, 2.75) is 19.1 Å². The van der Waals surface area contributed by atoms with Crippen molar-refractivity contribution in [1.82, 2.24) is 4.90 Å². The van der Waals surface area contributed by atoms with E-state index < -0.39 is 28.9 Å². The Morgan fingerprint density at radius 2 is 2.00 bits per heavy atom. The highest BCUT2D eigenvalue weighted by Crippen LogP contribution is 2.20. The van der Waals surface area contributed by atoms with Gasteiger partial charge in [0.25, 0.3) is 5.91 Å². The summed E-state index contributed by atoms with van der Waals surface area (Å²) in [7, 11) is 0. The summed E-state index contributed by atoms with van der Waals surface area (Å²) in [6.45, 7) is 2.28. The molecule has 1 aromatic rings. The molecule has 20 heavy (non-hydrogen) atoms. The van der Waals surface area contributed by atoms with Crippen LogP contribution in [0.15, 0.2) is 12.1 Å². The lowest BCUT2D eigenvalue weighted by molar-refractivity contribution is -0.0428. The third-order valence-electron chi connectivity index (χ3n) is 3.25. The van der Waals surface area contributed by atoms with E-state index in [1.807, 2.05) is 0 Å². The number of carbonyl (C=O) groups excluding carboxylic acids is 1. The molecule has 1 aliphatic rings. The van der Waals surface area contributed by atoms with E-state index in [-0.39, 0.29) is 31.8 Å². The zero-order chi connectivity index (χ0) is 14.9. The average molecular weight is 288 g/mol. The minimum Gasteiger partial charge on any atom is -0.373 e. The number of halogens is 3. The molecule has 1 amide bonds. The Hall–Kier alpha value is -1.60. The molecular weight excluding hydrogens is 273 g/mol. The molecule has 7 heteroatoms. The van der Waals surface area contributed by atoms with Crippen LogP contribution in [0.1, 0.15) is 17.3 Å². The van der Waals surface area contributed by atoms with Crippen LogP contribution >= 0.6 is 0 Å². The van der Waals surface area contributed by atoms with E-state index in [9.17, 15) is 18.0 Å². The number of nitrogens with two attached hydrogens (primary N) is 1. The molecule has 0 saturated carbocycles. The van der Waals surface area contributed by atoms with Gasteiger partial charge in [0.2, 0.25) is 0 Å². The van der Waals surface area contributed by atoms with Crippen LogP contribution < -0.4 is 5.73 Å². The maximum absolute atomic E-state index is 13.6. The normalized spacial score (nSPS) is 22.9. The predicted octanol–water partition coefficient (Wildman–Crippen LogP) is 1.29. The molecule has 1 fully saturated rings. The van der Waals surface area contributed by atoms with E-state index in [0.717, 1.165) is 0 Å². The van der Waals surface area contributed by atoms with Gasteiger partial charge >= 0.3 is 0 Å². The van der Waals surface area contributed by atoms with Crippen molar-refractivity contribution in [3.8, 4) is 0 Å². The van der Waals surface area contributed by atoms with Crippen molar-refractivity contribution >= 4 is 5.91 Å². The van der Waals surface area contributed by atoms with E-state index in [0.29, 0.717) is 12.1 Å². The summed E-state index contributed by atoms with van der Waals surface area (Å²) in [4.78, 5) is 13.5. The Labute approximate surface area is 114 Å². The van der Waals surface area contributed by atoms with E-state index in [2.05, 4.69) is 0 Å². The lowest BCUT2D eigenvalue weighted by atomic mass is 10.1. The molecular formula is C13H15F3N2O2. The molecule has 0 aliphatic carbocycles. The number of carbonyl (C=O) groups is 1. The summed E-state index contributed by atoms with van der Waals surface area (Å²) in [5, 5.41) is 0. The molecule has 1 saturated heterocycles. The van der Waals surface area contributed by atoms with Gasteiger partial charge in [0.05, 0.1) is 18.8 Å². The van der Waals surface area contributed by atoms with E-state index in [1.54, 1.807) is 6.92 Å². The van der Waals surface area contributed by atoms with Crippen molar-refractivity contribution in [3.05, 3.63) is 35.1 Å². The van der Waals surface area contributed by atoms with Crippen LogP contribution in [-0.2, 0) is 4.74 Å². The number of rotatable bonds is 2. The fourth-order valence-corrected chi connectivity index (χ4v) is 2.13. The van der Waals surface area contributed by atoms with Crippen molar-refractivity contribution < 1.29 is 22.7 Å². The van der Waals surface area contributed by atoms with E-state index in [4.69, 9.17) is 10.5 Å². The zero-order valence-electron chi connectivity index (χ0n) is 10.9. The predicted molar refractivity (Wildman–Crippen MR) is 65.6 cm³/mol. The first-order chi connectivity index (χ1) is 9.43. The minimum absolute atomic E-state index is 0.146. The van der Waals surface area contributed by atoms with Gasteiger partial charge in [-0.25, -0.2) is 13.2 Å². The summed E-state index contributed by atoms with van der Waals surface area (Å²) < 4.78 is 45.5. The van der Waals surface area contributed by atoms with Crippen LogP contribution in [0, 0.1) is 17.5 Å². The minimum atomic E-state index is -1.21. The number of morpholine rings is 1. The SMILES string of the molecule is CC1COC(CN)CN1C(=O)c1c(F)cc(F)cc1F. The molecule has 4 nitrogen and oxygen atoms in total. The van der Waals surface area contributed by atoms with Gasteiger partial charge in [-0.2, -0.15) is 0 Å². The molecule has 0 radical (unpaired) electrons. The molecule has 0 spiro atoms. The maximum atomic E-state index is 13.6. The van der Waals surface area contributed by atoms with Crippen molar-refractivity contribution in [2.75, 3.05) is 19.7 Å². The second-order valence-electron chi connectivity index (χ2n) is 4.74. The number of hydrogen-bond acceptors (Lipinski definition) is 3. The summed E-state index contributed by atoms with van der Waals surface area (Å²) in [6, 6.07) is 0.637. The summed E-state index contributed by atoms with van der Waals surface area (Å²) in [5.41, 5.74) is 4.71. The highest BCUT2D eigenvalue weighted by Gasteiger charge is 2.32. The highest BCUT2D eigenvalue weighted by molar-refractivity contribution is 5.95. The number of ether oxygens (including phenoxy) is 1. The first-order valence-electron chi connectivity index (χ1n) is 6.21. The standard InChI is InChI=1S/C13H15F3N2O2/c1-7-6-20-9(4-17)5-18(7)13(19)12-10(15)2-8(14)3-11(12)16/h2-3,7,9H,4-6,17H2,1H3. The smallest absolute Gasteiger partial charge is 0.260 e. The first-order valence-corrected chi connectivity index (χ1v) is 6.21. The van der Waals surface area contributed by atoms with Gasteiger partial charge in [0, 0.05) is 25.2 Å². The third-order valence-corrected chi connectivity index (χ3v) is 3.25. The van der Waals surface area contributed by atoms with Crippen LogP contribution in [0.2, 0.25) is 0 Å². The van der Waals surface area contributed by atoms with Gasteiger partial charge in [-0.05, 0) is 6.92 Å². The monoisotopic (exact) mass is 288 g/mol. The van der Waals surface area contributed by atoms with Gasteiger partial charge in [0.15, 0.2) is 0 Å². The van der Waals surface area contributed by atoms with Crippen LogP contribution in [-0.4, -0.2) is 42.6 Å². The van der Waals surface area contributed by atoms with E-state index >= 15 is 0 Å². The molecule has 2 unspecified atom stereocenters. The molecule has 1 heterocycles. The average Bonchev–Trinajstić information content (AvgIpc) is 2.37. The number of amides is 1. The summed E-state index contributed by atoms with van der Waals surface area (Å²) >= 11 is 0. The van der Waals surface area contributed by atoms with Crippen LogP contribution in [0.25, 0.3) is 0 Å². The zero-order valence-corrected chi connectivity index (χ0v) is 10.9. The second kappa shape index (κ2) is 5.80. The Morgan fingerprint density at radius 1 is 1.40 bits per heavy atom. The van der Waals surface area contributed by atoms with Crippen molar-refractivity contribution in [2.24, 2.45) is 5.73 Å². The summed E-state index contributed by atoms with van der Waals surface area (Å²) in [6.07, 6.45) is -0.373. The molecule has 2 atom stereocenters. The molecule has 1 aromatic carbocycles. The molecule has 0 aromatic heterocycles. The van der Waals surface area contributed by atoms with Crippen molar-refractivity contribution in [1.29, 1.82) is 0 Å². The van der Waals surface area contributed by atoms with Gasteiger partial charge in [-0.15, -0.1) is 0 Å². The fourth-order valence-electron chi connectivity index (χ4n) is 2.13. The number of benzene rings is 1. The molecule has 2 N–H and O–H groups in total. The second-order valence-corrected chi connectivity index (χ2v) is 4.74. The Balaban J connectivity index is 2.30. The highest BCUT2D eigenvalue weighted by atomic mass is 19.1. The Kier molecular flexibility index (Phi) is 4.29. The van der Waals surface area contributed by atoms with Crippen LogP contribution in [0.3, 0.4) is 0 Å². The lowest BCUT2D eigenvalue weighted by Crippen LogP contribution is -2.53. The number of hydrogen-bond donors (Lipinski definition) is 1. The van der Waals surface area contributed by atoms with Gasteiger partial charge < -0.3 is 15.4 Å². The topological polar surface area (TPSA) is 55.6 Å². The Morgan fingerprint density at radius 3 is 2.55 bits per heavy atom. The lowest BCUT2D eigenvalue weighted by Gasteiger charge is -2.37. The summed E-state index contributed by atoms with van der Waals surface area (Å²) in [5.74, 6) is -4.31. The molecule has 110 valence electrons. The van der Waals surface area contributed by atoms with E-state index in [1.165, 1.54) is 4.90 Å². The Bertz CT molecular complexity index is 501. The maximum Gasteiger partial charge on any atom is 0.260 e. The van der Waals surface area contributed by atoms with Gasteiger partial charge in [-0.3, -0.25) is 4.79 Å². The number of nitrogens with zero attached hydrogens (tertiary/aromatic N) is 1. The van der Waals surface area contributed by atoms with Gasteiger partial charge in [0.1, 0.15) is 23.0 Å². The molecule has 0 bridgehead atoms. The van der Waals surface area contributed by atoms with Crippen LogP contribution in [0.5, 0.6) is 0 Å².